The van der Waals surface area contributed by atoms with E-state index < -0.39 is 0 Å². The van der Waals surface area contributed by atoms with E-state index in [1.54, 1.807) is 4.90 Å². The highest BCUT2D eigenvalue weighted by atomic mass is 32.1. The van der Waals surface area contributed by atoms with Gasteiger partial charge in [0.15, 0.2) is 0 Å². The first kappa shape index (κ1) is 14.7. The Morgan fingerprint density at radius 1 is 1.50 bits per heavy atom. The molecule has 1 aromatic heterocycles. The molecule has 18 heavy (non-hydrogen) atoms. The predicted molar refractivity (Wildman–Crippen MR) is 76.7 cm³/mol. The number of rotatable bonds is 5. The van der Waals surface area contributed by atoms with Crippen molar-refractivity contribution in [3.63, 3.8) is 0 Å². The lowest BCUT2D eigenvalue weighted by Gasteiger charge is -2.16. The summed E-state index contributed by atoms with van der Waals surface area (Å²) in [5.74, 6) is 5.79. The minimum Gasteiger partial charge on any atom is -0.341 e. The number of carbonyl (C=O) groups excluding carboxylic acids is 1. The van der Waals surface area contributed by atoms with E-state index in [2.05, 4.69) is 18.8 Å². The van der Waals surface area contributed by atoms with Gasteiger partial charge in [-0.25, -0.2) is 0 Å². The molecule has 0 spiro atoms. The number of thiophene rings is 1. The lowest BCUT2D eigenvalue weighted by Crippen LogP contribution is -2.27. The highest BCUT2D eigenvalue weighted by Crippen LogP contribution is 2.18. The van der Waals surface area contributed by atoms with Crippen LogP contribution < -0.4 is 5.73 Å². The van der Waals surface area contributed by atoms with Crippen LogP contribution >= 0.6 is 11.3 Å². The second kappa shape index (κ2) is 7.91. The van der Waals surface area contributed by atoms with Gasteiger partial charge in [0.2, 0.25) is 0 Å². The number of unbranched alkanes of at least 4 members (excludes halogenated alkanes) is 2. The molecular formula is C14H20N2OS. The molecule has 2 N–H and O–H groups in total. The van der Waals surface area contributed by atoms with Crippen LogP contribution in [-0.4, -0.2) is 30.9 Å². The monoisotopic (exact) mass is 264 g/mol. The zero-order valence-electron chi connectivity index (χ0n) is 11.0. The third-order valence-electron chi connectivity index (χ3n) is 2.63. The fraction of sp³-hybridized carbons (Fsp3) is 0.500. The van der Waals surface area contributed by atoms with Gasteiger partial charge in [-0.1, -0.05) is 31.6 Å². The van der Waals surface area contributed by atoms with Crippen molar-refractivity contribution in [1.82, 2.24) is 4.90 Å². The fourth-order valence-electron chi connectivity index (χ4n) is 1.59. The molecule has 0 radical (unpaired) electrons. The molecule has 1 rings (SSSR count). The molecule has 0 fully saturated rings. The van der Waals surface area contributed by atoms with Crippen molar-refractivity contribution in [2.75, 3.05) is 20.1 Å². The van der Waals surface area contributed by atoms with Crippen LogP contribution in [0.5, 0.6) is 0 Å². The summed E-state index contributed by atoms with van der Waals surface area (Å²) in [6.07, 6.45) is 3.37. The van der Waals surface area contributed by atoms with E-state index in [1.165, 1.54) is 11.3 Å². The third kappa shape index (κ3) is 4.17. The summed E-state index contributed by atoms with van der Waals surface area (Å²) in [7, 11) is 1.85. The van der Waals surface area contributed by atoms with Gasteiger partial charge in [0.25, 0.3) is 5.91 Å². The summed E-state index contributed by atoms with van der Waals surface area (Å²) < 4.78 is 0. The molecule has 0 unspecified atom stereocenters. The fourth-order valence-corrected chi connectivity index (χ4v) is 2.44. The Labute approximate surface area is 113 Å². The van der Waals surface area contributed by atoms with Crippen LogP contribution in [0, 0.1) is 11.8 Å². The Bertz CT molecular complexity index is 442. The van der Waals surface area contributed by atoms with Crippen molar-refractivity contribution < 1.29 is 4.79 Å². The second-order valence-corrected chi connectivity index (χ2v) is 5.02. The lowest BCUT2D eigenvalue weighted by atomic mass is 10.2. The number of carbonyl (C=O) groups is 1. The molecule has 0 saturated heterocycles. The van der Waals surface area contributed by atoms with Crippen LogP contribution in [0.15, 0.2) is 11.4 Å². The lowest BCUT2D eigenvalue weighted by molar-refractivity contribution is 0.0797. The summed E-state index contributed by atoms with van der Waals surface area (Å²) in [6.45, 7) is 3.27. The van der Waals surface area contributed by atoms with Crippen molar-refractivity contribution in [2.45, 2.75) is 26.2 Å². The standard InChI is InChI=1S/C14H20N2OS/c1-3-4-5-10-16(2)14(17)13-12(7-6-9-15)8-11-18-13/h8,11H,3-5,9-10,15H2,1-2H3. The highest BCUT2D eigenvalue weighted by molar-refractivity contribution is 7.12. The van der Waals surface area contributed by atoms with Gasteiger partial charge >= 0.3 is 0 Å². The van der Waals surface area contributed by atoms with E-state index in [0.29, 0.717) is 6.54 Å². The normalized spacial score (nSPS) is 9.72. The SMILES string of the molecule is CCCCCN(C)C(=O)c1sccc1C#CCN. The van der Waals surface area contributed by atoms with Crippen molar-refractivity contribution in [3.8, 4) is 11.8 Å². The number of hydrogen-bond donors (Lipinski definition) is 1. The van der Waals surface area contributed by atoms with Crippen molar-refractivity contribution in [3.05, 3.63) is 21.9 Å². The maximum Gasteiger partial charge on any atom is 0.264 e. The molecule has 0 atom stereocenters. The minimum absolute atomic E-state index is 0.0578. The topological polar surface area (TPSA) is 46.3 Å². The zero-order valence-corrected chi connectivity index (χ0v) is 11.8. The van der Waals surface area contributed by atoms with Gasteiger partial charge < -0.3 is 10.6 Å². The van der Waals surface area contributed by atoms with Gasteiger partial charge in [-0.2, -0.15) is 0 Å². The zero-order chi connectivity index (χ0) is 13.4. The maximum atomic E-state index is 12.2. The number of nitrogens with two attached hydrogens (primary N) is 1. The van der Waals surface area contributed by atoms with Gasteiger partial charge in [-0.3, -0.25) is 4.79 Å². The van der Waals surface area contributed by atoms with Crippen LogP contribution in [0.25, 0.3) is 0 Å². The van der Waals surface area contributed by atoms with Crippen LogP contribution in [0.3, 0.4) is 0 Å². The molecule has 0 saturated carbocycles. The molecule has 0 aromatic carbocycles. The first-order valence-electron chi connectivity index (χ1n) is 6.22. The molecule has 0 aliphatic rings. The van der Waals surface area contributed by atoms with Gasteiger partial charge in [0.05, 0.1) is 6.54 Å². The van der Waals surface area contributed by atoms with E-state index >= 15 is 0 Å². The first-order chi connectivity index (χ1) is 8.70. The largest absolute Gasteiger partial charge is 0.341 e. The van der Waals surface area contributed by atoms with E-state index in [1.807, 2.05) is 18.5 Å². The molecule has 1 aromatic rings. The Kier molecular flexibility index (Phi) is 6.48. The summed E-state index contributed by atoms with van der Waals surface area (Å²) in [4.78, 5) is 14.7. The molecule has 98 valence electrons. The predicted octanol–water partition coefficient (Wildman–Crippen LogP) is 2.32. The number of nitrogens with zero attached hydrogens (tertiary/aromatic N) is 1. The third-order valence-corrected chi connectivity index (χ3v) is 3.53. The van der Waals surface area contributed by atoms with Gasteiger partial charge in [-0.05, 0) is 17.9 Å². The van der Waals surface area contributed by atoms with Crippen LogP contribution in [-0.2, 0) is 0 Å². The molecular weight excluding hydrogens is 244 g/mol. The van der Waals surface area contributed by atoms with E-state index in [0.717, 1.165) is 36.2 Å². The molecule has 1 heterocycles. The van der Waals surface area contributed by atoms with Crippen LogP contribution in [0.2, 0.25) is 0 Å². The summed E-state index contributed by atoms with van der Waals surface area (Å²) >= 11 is 1.44. The summed E-state index contributed by atoms with van der Waals surface area (Å²) in [6, 6.07) is 1.88. The number of amides is 1. The molecule has 4 heteroatoms. The first-order valence-corrected chi connectivity index (χ1v) is 7.10. The average Bonchev–Trinajstić information content (AvgIpc) is 2.83. The maximum absolute atomic E-state index is 12.2. The van der Waals surface area contributed by atoms with Gasteiger partial charge in [-0.15, -0.1) is 11.3 Å². The van der Waals surface area contributed by atoms with Crippen LogP contribution in [0.1, 0.15) is 41.4 Å². The minimum atomic E-state index is 0.0578. The van der Waals surface area contributed by atoms with E-state index in [4.69, 9.17) is 5.73 Å². The molecule has 0 aliphatic carbocycles. The summed E-state index contributed by atoms with van der Waals surface area (Å²) in [5.41, 5.74) is 6.14. The summed E-state index contributed by atoms with van der Waals surface area (Å²) in [5, 5.41) is 1.90. The van der Waals surface area contributed by atoms with E-state index in [-0.39, 0.29) is 5.91 Å². The molecule has 1 amide bonds. The molecule has 0 bridgehead atoms. The quantitative estimate of drug-likeness (QED) is 0.655. The Balaban J connectivity index is 2.68. The Hall–Kier alpha value is -1.31. The van der Waals surface area contributed by atoms with Gasteiger partial charge in [0.1, 0.15) is 4.88 Å². The second-order valence-electron chi connectivity index (χ2n) is 4.10. The smallest absolute Gasteiger partial charge is 0.264 e. The van der Waals surface area contributed by atoms with Crippen molar-refractivity contribution in [1.29, 1.82) is 0 Å². The average molecular weight is 264 g/mol. The van der Waals surface area contributed by atoms with Crippen molar-refractivity contribution in [2.24, 2.45) is 5.73 Å². The molecule has 0 aliphatic heterocycles. The highest BCUT2D eigenvalue weighted by Gasteiger charge is 2.15. The van der Waals surface area contributed by atoms with Crippen molar-refractivity contribution >= 4 is 17.2 Å². The Morgan fingerprint density at radius 3 is 2.94 bits per heavy atom. The van der Waals surface area contributed by atoms with E-state index in [9.17, 15) is 4.79 Å². The number of hydrogen-bond acceptors (Lipinski definition) is 3. The van der Waals surface area contributed by atoms with Gasteiger partial charge in [0, 0.05) is 19.2 Å². The van der Waals surface area contributed by atoms with Crippen LogP contribution in [0.4, 0.5) is 0 Å². The Morgan fingerprint density at radius 2 is 2.28 bits per heavy atom. The molecule has 3 nitrogen and oxygen atoms in total.